The van der Waals surface area contributed by atoms with Gasteiger partial charge in [0.05, 0.1) is 5.56 Å². The number of alkyl halides is 3. The van der Waals surface area contributed by atoms with E-state index in [2.05, 4.69) is 15.9 Å². The van der Waals surface area contributed by atoms with E-state index < -0.39 is 45.1 Å². The van der Waals surface area contributed by atoms with Gasteiger partial charge in [0.15, 0.2) is 11.6 Å². The number of carboxylic acid groups (broad SMARTS) is 1. The lowest BCUT2D eigenvalue weighted by atomic mass is 10.1. The molecule has 0 saturated carbocycles. The minimum absolute atomic E-state index is 0.219. The lowest BCUT2D eigenvalue weighted by Crippen LogP contribution is -2.11. The third-order valence-corrected chi connectivity index (χ3v) is 3.96. The molecule has 3 nitrogen and oxygen atoms in total. The largest absolute Gasteiger partial charge is 0.478 e. The van der Waals surface area contributed by atoms with Crippen LogP contribution in [0.3, 0.4) is 0 Å². The fraction of sp³-hybridized carbons (Fsp3) is 0.133. The molecule has 0 unspecified atom stereocenters. The summed E-state index contributed by atoms with van der Waals surface area (Å²) in [7, 11) is 0. The normalized spacial score (nSPS) is 11.5. The lowest BCUT2D eigenvalue weighted by Gasteiger charge is -2.16. The smallest absolute Gasteiger partial charge is 0.417 e. The molecule has 2 rings (SSSR count). The van der Waals surface area contributed by atoms with Crippen LogP contribution < -0.4 is 4.74 Å². The van der Waals surface area contributed by atoms with Crippen molar-refractivity contribution in [1.29, 1.82) is 0 Å². The third-order valence-electron chi connectivity index (χ3n) is 3.13. The van der Waals surface area contributed by atoms with Gasteiger partial charge in [-0.05, 0) is 47.1 Å². The van der Waals surface area contributed by atoms with Crippen LogP contribution in [-0.2, 0) is 6.18 Å². The SMILES string of the molecule is Cc1c(Oc2ccc(C(F)(F)F)c(Br)c2C(=O)O)ccc(F)c1F. The molecule has 0 spiro atoms. The molecule has 0 radical (unpaired) electrons. The van der Waals surface area contributed by atoms with Gasteiger partial charge in [0.25, 0.3) is 0 Å². The van der Waals surface area contributed by atoms with Gasteiger partial charge in [-0.2, -0.15) is 13.2 Å². The third kappa shape index (κ3) is 3.35. The van der Waals surface area contributed by atoms with Crippen molar-refractivity contribution in [1.82, 2.24) is 0 Å². The van der Waals surface area contributed by atoms with Crippen molar-refractivity contribution >= 4 is 21.9 Å². The summed E-state index contributed by atoms with van der Waals surface area (Å²) in [6, 6.07) is 3.24. The fourth-order valence-electron chi connectivity index (χ4n) is 1.92. The van der Waals surface area contributed by atoms with Crippen LogP contribution in [0.1, 0.15) is 21.5 Å². The summed E-state index contributed by atoms with van der Waals surface area (Å²) in [6.45, 7) is 1.19. The summed E-state index contributed by atoms with van der Waals surface area (Å²) in [5, 5.41) is 9.17. The first-order valence-corrected chi connectivity index (χ1v) is 7.08. The van der Waals surface area contributed by atoms with Crippen LogP contribution in [0.2, 0.25) is 0 Å². The monoisotopic (exact) mass is 410 g/mol. The molecule has 128 valence electrons. The first-order valence-electron chi connectivity index (χ1n) is 6.29. The van der Waals surface area contributed by atoms with E-state index in [1.54, 1.807) is 0 Å². The molecule has 0 aromatic heterocycles. The van der Waals surface area contributed by atoms with Gasteiger partial charge in [0.2, 0.25) is 0 Å². The molecule has 0 aliphatic heterocycles. The van der Waals surface area contributed by atoms with Gasteiger partial charge in [-0.25, -0.2) is 13.6 Å². The van der Waals surface area contributed by atoms with Crippen LogP contribution in [0.25, 0.3) is 0 Å². The number of carbonyl (C=O) groups is 1. The Kier molecular flexibility index (Phi) is 4.84. The standard InChI is InChI=1S/C15H8BrF5O3/c1-6-9(5-3-8(17)13(6)18)24-10-4-2-7(15(19,20)21)12(16)11(10)14(22)23/h2-5H,1H3,(H,22,23). The summed E-state index contributed by atoms with van der Waals surface area (Å²) in [5.74, 6) is -4.68. The average molecular weight is 411 g/mol. The second-order valence-corrected chi connectivity index (χ2v) is 5.48. The summed E-state index contributed by atoms with van der Waals surface area (Å²) < 4.78 is 69.7. The van der Waals surface area contributed by atoms with E-state index in [9.17, 15) is 31.9 Å². The van der Waals surface area contributed by atoms with E-state index in [-0.39, 0.29) is 11.3 Å². The number of halogens is 6. The van der Waals surface area contributed by atoms with Crippen molar-refractivity contribution in [2.24, 2.45) is 0 Å². The number of rotatable bonds is 3. The Morgan fingerprint density at radius 1 is 1.12 bits per heavy atom. The van der Waals surface area contributed by atoms with Crippen molar-refractivity contribution in [2.45, 2.75) is 13.1 Å². The van der Waals surface area contributed by atoms with E-state index in [1.165, 1.54) is 6.92 Å². The Labute approximate surface area is 140 Å². The second-order valence-electron chi connectivity index (χ2n) is 4.69. The molecular weight excluding hydrogens is 403 g/mol. The van der Waals surface area contributed by atoms with Gasteiger partial charge in [0, 0.05) is 10.0 Å². The summed E-state index contributed by atoms with van der Waals surface area (Å²) in [4.78, 5) is 11.3. The highest BCUT2D eigenvalue weighted by molar-refractivity contribution is 9.10. The first-order chi connectivity index (χ1) is 11.0. The predicted molar refractivity (Wildman–Crippen MR) is 77.3 cm³/mol. The van der Waals surface area contributed by atoms with Crippen LogP contribution in [0.4, 0.5) is 22.0 Å². The Bertz CT molecular complexity index is 818. The molecule has 2 aromatic carbocycles. The Hall–Kier alpha value is -2.16. The van der Waals surface area contributed by atoms with E-state index >= 15 is 0 Å². The van der Waals surface area contributed by atoms with E-state index in [1.807, 2.05) is 0 Å². The van der Waals surface area contributed by atoms with Crippen LogP contribution in [0, 0.1) is 18.6 Å². The molecule has 9 heteroatoms. The van der Waals surface area contributed by atoms with E-state index in [4.69, 9.17) is 4.74 Å². The first kappa shape index (κ1) is 18.2. The number of carboxylic acids is 1. The Morgan fingerprint density at radius 2 is 1.71 bits per heavy atom. The quantitative estimate of drug-likeness (QED) is 0.675. The second kappa shape index (κ2) is 6.39. The minimum Gasteiger partial charge on any atom is -0.478 e. The van der Waals surface area contributed by atoms with Gasteiger partial charge in [-0.1, -0.05) is 0 Å². The number of aromatic carboxylic acids is 1. The van der Waals surface area contributed by atoms with Gasteiger partial charge < -0.3 is 9.84 Å². The summed E-state index contributed by atoms with van der Waals surface area (Å²) >= 11 is 2.61. The van der Waals surface area contributed by atoms with Crippen molar-refractivity contribution in [3.8, 4) is 11.5 Å². The highest BCUT2D eigenvalue weighted by Gasteiger charge is 2.36. The maximum atomic E-state index is 13.5. The lowest BCUT2D eigenvalue weighted by molar-refractivity contribution is -0.138. The van der Waals surface area contributed by atoms with Crippen LogP contribution >= 0.6 is 15.9 Å². The van der Waals surface area contributed by atoms with Crippen molar-refractivity contribution in [3.63, 3.8) is 0 Å². The number of hydrogen-bond donors (Lipinski definition) is 1. The van der Waals surface area contributed by atoms with Gasteiger partial charge in [-0.3, -0.25) is 0 Å². The zero-order valence-electron chi connectivity index (χ0n) is 11.8. The predicted octanol–water partition coefficient (Wildman–Crippen LogP) is 5.55. The van der Waals surface area contributed by atoms with Gasteiger partial charge in [0.1, 0.15) is 17.1 Å². The number of ether oxygens (including phenoxy) is 1. The van der Waals surface area contributed by atoms with Crippen LogP contribution in [0.15, 0.2) is 28.7 Å². The van der Waals surface area contributed by atoms with Crippen LogP contribution in [-0.4, -0.2) is 11.1 Å². The van der Waals surface area contributed by atoms with Crippen molar-refractivity contribution in [3.05, 3.63) is 57.1 Å². The van der Waals surface area contributed by atoms with Crippen molar-refractivity contribution < 1.29 is 36.6 Å². The van der Waals surface area contributed by atoms with E-state index in [0.717, 1.165) is 18.2 Å². The molecule has 0 bridgehead atoms. The van der Waals surface area contributed by atoms with Gasteiger partial charge >= 0.3 is 12.1 Å². The molecule has 0 amide bonds. The van der Waals surface area contributed by atoms with Crippen LogP contribution in [0.5, 0.6) is 11.5 Å². The Morgan fingerprint density at radius 3 is 2.25 bits per heavy atom. The molecule has 0 fully saturated rings. The molecule has 0 heterocycles. The highest BCUT2D eigenvalue weighted by atomic mass is 79.9. The molecule has 24 heavy (non-hydrogen) atoms. The van der Waals surface area contributed by atoms with Crippen molar-refractivity contribution in [2.75, 3.05) is 0 Å². The fourth-order valence-corrected chi connectivity index (χ4v) is 2.65. The van der Waals surface area contributed by atoms with Gasteiger partial charge in [-0.15, -0.1) is 0 Å². The zero-order chi connectivity index (χ0) is 18.2. The molecule has 2 aromatic rings. The molecule has 0 aliphatic carbocycles. The number of benzene rings is 2. The average Bonchev–Trinajstić information content (AvgIpc) is 2.46. The maximum absolute atomic E-state index is 13.5. The molecule has 1 N–H and O–H groups in total. The molecule has 0 atom stereocenters. The molecule has 0 saturated heterocycles. The number of hydrogen-bond acceptors (Lipinski definition) is 2. The summed E-state index contributed by atoms with van der Waals surface area (Å²) in [6.07, 6.45) is -4.78. The highest BCUT2D eigenvalue weighted by Crippen LogP contribution is 2.41. The maximum Gasteiger partial charge on any atom is 0.417 e. The summed E-state index contributed by atoms with van der Waals surface area (Å²) in [5.41, 5.74) is -2.23. The zero-order valence-corrected chi connectivity index (χ0v) is 13.4. The van der Waals surface area contributed by atoms with E-state index in [0.29, 0.717) is 6.07 Å². The minimum atomic E-state index is -4.78. The molecular formula is C15H8BrF5O3. The molecule has 0 aliphatic rings. The Balaban J connectivity index is 2.58. The topological polar surface area (TPSA) is 46.5 Å².